The lowest BCUT2D eigenvalue weighted by Gasteiger charge is -1.95. The summed E-state index contributed by atoms with van der Waals surface area (Å²) in [4.78, 5) is 8.92. The van der Waals surface area contributed by atoms with Gasteiger partial charge in [-0.05, 0) is 18.4 Å². The molecule has 0 aliphatic carbocycles. The maximum atomic E-state index is 4.47. The molecular formula is C11H15N3. The van der Waals surface area contributed by atoms with Gasteiger partial charge in [-0.1, -0.05) is 20.8 Å². The Morgan fingerprint density at radius 2 is 2.14 bits per heavy atom. The van der Waals surface area contributed by atoms with E-state index in [0.717, 1.165) is 23.6 Å². The molecule has 0 fully saturated rings. The van der Waals surface area contributed by atoms with Crippen molar-refractivity contribution < 1.29 is 0 Å². The zero-order valence-corrected chi connectivity index (χ0v) is 8.86. The monoisotopic (exact) mass is 189 g/mol. The molecule has 0 radical (unpaired) electrons. The summed E-state index contributed by atoms with van der Waals surface area (Å²) < 4.78 is 1.98. The van der Waals surface area contributed by atoms with Gasteiger partial charge < -0.3 is 0 Å². The van der Waals surface area contributed by atoms with Gasteiger partial charge in [-0.3, -0.25) is 4.40 Å². The first-order chi connectivity index (χ1) is 6.70. The molecule has 2 rings (SSSR count). The zero-order valence-electron chi connectivity index (χ0n) is 8.86. The van der Waals surface area contributed by atoms with Crippen LogP contribution in [0.25, 0.3) is 5.78 Å². The Morgan fingerprint density at radius 1 is 1.36 bits per heavy atom. The molecule has 0 aliphatic heterocycles. The Kier molecular flexibility index (Phi) is 2.23. The Balaban J connectivity index is 2.54. The molecule has 3 nitrogen and oxygen atoms in total. The molecule has 0 N–H and O–H groups in total. The minimum atomic E-state index is 0.460. The minimum absolute atomic E-state index is 0.460. The van der Waals surface area contributed by atoms with E-state index in [2.05, 4.69) is 30.7 Å². The number of hydrogen-bond donors (Lipinski definition) is 0. The summed E-state index contributed by atoms with van der Waals surface area (Å²) in [5, 5.41) is 0. The number of aryl methyl sites for hydroxylation is 1. The second kappa shape index (κ2) is 3.40. The van der Waals surface area contributed by atoms with Crippen LogP contribution in [-0.4, -0.2) is 14.4 Å². The molecule has 0 unspecified atom stereocenters. The highest BCUT2D eigenvalue weighted by Crippen LogP contribution is 2.13. The lowest BCUT2D eigenvalue weighted by atomic mass is 10.2. The molecule has 2 aromatic heterocycles. The van der Waals surface area contributed by atoms with Gasteiger partial charge in [-0.15, -0.1) is 0 Å². The topological polar surface area (TPSA) is 30.2 Å². The predicted molar refractivity (Wildman–Crippen MR) is 56.5 cm³/mol. The van der Waals surface area contributed by atoms with Gasteiger partial charge >= 0.3 is 0 Å². The third-order valence-electron chi connectivity index (χ3n) is 2.36. The summed E-state index contributed by atoms with van der Waals surface area (Å²) in [6, 6.07) is 2.04. The molecule has 0 aliphatic rings. The summed E-state index contributed by atoms with van der Waals surface area (Å²) in [5.74, 6) is 1.27. The van der Waals surface area contributed by atoms with Gasteiger partial charge in [0.15, 0.2) is 0 Å². The van der Waals surface area contributed by atoms with Gasteiger partial charge in [-0.25, -0.2) is 9.97 Å². The molecule has 74 valence electrons. The lowest BCUT2D eigenvalue weighted by Crippen LogP contribution is -1.92. The Morgan fingerprint density at radius 3 is 2.79 bits per heavy atom. The number of fused-ring (bicyclic) bond motifs is 1. The van der Waals surface area contributed by atoms with Crippen LogP contribution in [0, 0.1) is 0 Å². The molecule has 0 aromatic carbocycles. The average molecular weight is 189 g/mol. The van der Waals surface area contributed by atoms with Crippen molar-refractivity contribution in [3.63, 3.8) is 0 Å². The predicted octanol–water partition coefficient (Wildman–Crippen LogP) is 2.42. The minimum Gasteiger partial charge on any atom is -0.291 e. The van der Waals surface area contributed by atoms with E-state index in [4.69, 9.17) is 0 Å². The molecule has 0 atom stereocenters. The Bertz CT molecular complexity index is 443. The molecule has 14 heavy (non-hydrogen) atoms. The van der Waals surface area contributed by atoms with Crippen LogP contribution in [0.5, 0.6) is 0 Å². The molecular weight excluding hydrogens is 174 g/mol. The summed E-state index contributed by atoms with van der Waals surface area (Å²) >= 11 is 0. The van der Waals surface area contributed by atoms with Crippen molar-refractivity contribution >= 4 is 5.78 Å². The van der Waals surface area contributed by atoms with E-state index >= 15 is 0 Å². The zero-order chi connectivity index (χ0) is 10.1. The van der Waals surface area contributed by atoms with Crippen LogP contribution in [0.15, 0.2) is 18.5 Å². The third kappa shape index (κ3) is 1.50. The van der Waals surface area contributed by atoms with Crippen molar-refractivity contribution in [2.45, 2.75) is 33.1 Å². The Hall–Kier alpha value is -1.38. The quantitative estimate of drug-likeness (QED) is 0.726. The van der Waals surface area contributed by atoms with Gasteiger partial charge in [0.05, 0.1) is 5.69 Å². The molecule has 0 saturated carbocycles. The van der Waals surface area contributed by atoms with Crippen LogP contribution >= 0.6 is 0 Å². The summed E-state index contributed by atoms with van der Waals surface area (Å²) in [6.07, 6.45) is 5.03. The van der Waals surface area contributed by atoms with E-state index in [1.54, 1.807) is 0 Å². The van der Waals surface area contributed by atoms with Gasteiger partial charge in [0.25, 0.3) is 0 Å². The van der Waals surface area contributed by atoms with Crippen LogP contribution in [0.1, 0.15) is 38.1 Å². The Labute approximate surface area is 83.8 Å². The van der Waals surface area contributed by atoms with E-state index in [9.17, 15) is 0 Å². The van der Waals surface area contributed by atoms with Crippen LogP contribution < -0.4 is 0 Å². The van der Waals surface area contributed by atoms with Gasteiger partial charge in [-0.2, -0.15) is 0 Å². The third-order valence-corrected chi connectivity index (χ3v) is 2.36. The fraction of sp³-hybridized carbons (Fsp3) is 0.455. The second-order valence-electron chi connectivity index (χ2n) is 3.80. The fourth-order valence-electron chi connectivity index (χ4n) is 1.40. The van der Waals surface area contributed by atoms with Crippen molar-refractivity contribution in [1.29, 1.82) is 0 Å². The molecule has 0 spiro atoms. The molecule has 0 bridgehead atoms. The molecule has 2 aromatic rings. The smallest absolute Gasteiger partial charge is 0.234 e. The summed E-state index contributed by atoms with van der Waals surface area (Å²) in [6.45, 7) is 6.39. The summed E-state index contributed by atoms with van der Waals surface area (Å²) in [5.41, 5.74) is 2.20. The largest absolute Gasteiger partial charge is 0.291 e. The van der Waals surface area contributed by atoms with Crippen LogP contribution in [-0.2, 0) is 6.42 Å². The second-order valence-corrected chi connectivity index (χ2v) is 3.80. The molecule has 0 saturated heterocycles. The highest BCUT2D eigenvalue weighted by molar-refractivity contribution is 5.32. The van der Waals surface area contributed by atoms with Gasteiger partial charge in [0.2, 0.25) is 5.78 Å². The number of rotatable bonds is 2. The van der Waals surface area contributed by atoms with Crippen molar-refractivity contribution in [3.8, 4) is 0 Å². The maximum absolute atomic E-state index is 4.47. The van der Waals surface area contributed by atoms with Crippen molar-refractivity contribution in [2.75, 3.05) is 0 Å². The average Bonchev–Trinajstić information content (AvgIpc) is 2.59. The fourth-order valence-corrected chi connectivity index (χ4v) is 1.40. The number of hydrogen-bond acceptors (Lipinski definition) is 2. The van der Waals surface area contributed by atoms with E-state index < -0.39 is 0 Å². The van der Waals surface area contributed by atoms with E-state index in [0.29, 0.717) is 5.92 Å². The van der Waals surface area contributed by atoms with Crippen molar-refractivity contribution in [3.05, 3.63) is 29.8 Å². The van der Waals surface area contributed by atoms with E-state index in [1.807, 2.05) is 22.9 Å². The number of aromatic nitrogens is 3. The molecule has 2 heterocycles. The normalized spacial score (nSPS) is 11.4. The van der Waals surface area contributed by atoms with Gasteiger partial charge in [0, 0.05) is 18.1 Å². The van der Waals surface area contributed by atoms with Crippen LogP contribution in [0.2, 0.25) is 0 Å². The number of imidazole rings is 1. The lowest BCUT2D eigenvalue weighted by molar-refractivity contribution is 0.833. The standard InChI is InChI=1S/C11H15N3/c1-4-9-5-6-14-7-10(8(2)3)13-11(14)12-9/h5-8H,4H2,1-3H3. The molecule has 0 amide bonds. The van der Waals surface area contributed by atoms with Crippen LogP contribution in [0.3, 0.4) is 0 Å². The van der Waals surface area contributed by atoms with Gasteiger partial charge in [0.1, 0.15) is 0 Å². The van der Waals surface area contributed by atoms with Crippen molar-refractivity contribution in [2.24, 2.45) is 0 Å². The summed E-state index contributed by atoms with van der Waals surface area (Å²) in [7, 11) is 0. The van der Waals surface area contributed by atoms with Crippen molar-refractivity contribution in [1.82, 2.24) is 14.4 Å². The van der Waals surface area contributed by atoms with E-state index in [1.165, 1.54) is 0 Å². The van der Waals surface area contributed by atoms with E-state index in [-0.39, 0.29) is 0 Å². The number of nitrogens with zero attached hydrogens (tertiary/aromatic N) is 3. The highest BCUT2D eigenvalue weighted by atomic mass is 15.1. The first-order valence-electron chi connectivity index (χ1n) is 5.05. The molecule has 3 heteroatoms. The maximum Gasteiger partial charge on any atom is 0.234 e. The van der Waals surface area contributed by atoms with Crippen LogP contribution in [0.4, 0.5) is 0 Å². The SMILES string of the molecule is CCc1ccn2cc(C(C)C)nc2n1. The first kappa shape index (κ1) is 9.19. The highest BCUT2D eigenvalue weighted by Gasteiger charge is 2.06. The first-order valence-corrected chi connectivity index (χ1v) is 5.05.